The van der Waals surface area contributed by atoms with Gasteiger partial charge in [-0.2, -0.15) is 0 Å². The van der Waals surface area contributed by atoms with Gasteiger partial charge in [-0.3, -0.25) is 9.59 Å². The van der Waals surface area contributed by atoms with Crippen molar-refractivity contribution in [2.24, 2.45) is 5.92 Å². The minimum atomic E-state index is -0.276. The number of hydrogen-bond donors (Lipinski definition) is 2. The van der Waals surface area contributed by atoms with E-state index in [-0.39, 0.29) is 23.4 Å². The van der Waals surface area contributed by atoms with Crippen molar-refractivity contribution < 1.29 is 9.21 Å². The van der Waals surface area contributed by atoms with Gasteiger partial charge in [0.2, 0.25) is 5.89 Å². The van der Waals surface area contributed by atoms with Gasteiger partial charge in [-0.15, -0.1) is 0 Å². The Morgan fingerprint density at radius 2 is 2.07 bits per heavy atom. The first-order chi connectivity index (χ1) is 13.2. The third-order valence-electron chi connectivity index (χ3n) is 5.68. The highest BCUT2D eigenvalue weighted by atomic mass is 16.3. The maximum atomic E-state index is 12.9. The summed E-state index contributed by atoms with van der Waals surface area (Å²) < 4.78 is 5.75. The molecule has 1 aromatic carbocycles. The van der Waals surface area contributed by atoms with Gasteiger partial charge >= 0.3 is 0 Å². The van der Waals surface area contributed by atoms with Crippen molar-refractivity contribution in [3.63, 3.8) is 0 Å². The van der Waals surface area contributed by atoms with Crippen LogP contribution in [-0.2, 0) is 0 Å². The lowest BCUT2D eigenvalue weighted by Crippen LogP contribution is -2.57. The zero-order chi connectivity index (χ0) is 18.4. The number of nitrogens with one attached hydrogen (secondary N) is 2. The summed E-state index contributed by atoms with van der Waals surface area (Å²) in [7, 11) is 0. The molecule has 7 nitrogen and oxygen atoms in total. The lowest BCUT2D eigenvalue weighted by Gasteiger charge is -2.44. The summed E-state index contributed by atoms with van der Waals surface area (Å²) in [5.41, 5.74) is 1.52. The highest BCUT2D eigenvalue weighted by Gasteiger charge is 2.35. The first-order valence-corrected chi connectivity index (χ1v) is 9.30. The molecule has 3 aromatic rings. The van der Waals surface area contributed by atoms with Gasteiger partial charge in [-0.05, 0) is 56.1 Å². The number of aromatic nitrogens is 2. The van der Waals surface area contributed by atoms with Gasteiger partial charge < -0.3 is 19.6 Å². The molecule has 1 amide bonds. The first-order valence-electron chi connectivity index (χ1n) is 9.30. The second-order valence-electron chi connectivity index (χ2n) is 7.30. The van der Waals surface area contributed by atoms with Gasteiger partial charge in [-0.1, -0.05) is 6.07 Å². The van der Waals surface area contributed by atoms with Crippen LogP contribution in [0.5, 0.6) is 0 Å². The molecule has 6 rings (SSSR count). The molecule has 3 aliphatic rings. The molecule has 1 atom stereocenters. The van der Waals surface area contributed by atoms with Crippen molar-refractivity contribution in [2.75, 3.05) is 19.6 Å². The Hall–Kier alpha value is -2.93. The van der Waals surface area contributed by atoms with Crippen LogP contribution in [0.4, 0.5) is 0 Å². The Balaban J connectivity index is 1.47. The zero-order valence-electron chi connectivity index (χ0n) is 14.8. The maximum absolute atomic E-state index is 12.9. The van der Waals surface area contributed by atoms with Crippen LogP contribution in [0.3, 0.4) is 0 Å². The molecule has 138 valence electrons. The van der Waals surface area contributed by atoms with Crippen LogP contribution in [0.15, 0.2) is 45.7 Å². The molecular weight excluding hydrogens is 344 g/mol. The number of piperidine rings is 3. The smallest absolute Gasteiger partial charge is 0.260 e. The Morgan fingerprint density at radius 1 is 1.22 bits per heavy atom. The SMILES string of the molecule is O=C(NC1CN2CCC1CC2)c1cccc2oc(-c3ccc[nH]c3=O)nc12. The molecule has 3 aliphatic heterocycles. The summed E-state index contributed by atoms with van der Waals surface area (Å²) in [5, 5.41) is 3.19. The molecule has 5 heterocycles. The van der Waals surface area contributed by atoms with E-state index in [9.17, 15) is 9.59 Å². The number of rotatable bonds is 3. The summed E-state index contributed by atoms with van der Waals surface area (Å²) in [6.45, 7) is 3.17. The molecular formula is C20H20N4O3. The minimum absolute atomic E-state index is 0.138. The van der Waals surface area contributed by atoms with E-state index in [1.165, 1.54) is 0 Å². The number of oxazole rings is 1. The Bertz CT molecular complexity index is 1060. The number of benzene rings is 1. The van der Waals surface area contributed by atoms with Crippen LogP contribution in [0.1, 0.15) is 23.2 Å². The second kappa shape index (κ2) is 6.35. The first kappa shape index (κ1) is 16.3. The number of fused-ring (bicyclic) bond motifs is 4. The standard InChI is InChI=1S/C20H20N4O3/c25-18-14(4-2-8-21-18)20-23-17-13(3-1-5-16(17)27-20)19(26)22-15-11-24-9-6-12(15)7-10-24/h1-5,8,12,15H,6-7,9-11H2,(H,21,25)(H,22,26). The number of amides is 1. The van der Waals surface area contributed by atoms with Crippen LogP contribution >= 0.6 is 0 Å². The third kappa shape index (κ3) is 2.84. The van der Waals surface area contributed by atoms with Gasteiger partial charge in [0.15, 0.2) is 5.58 Å². The van der Waals surface area contributed by atoms with E-state index in [0.29, 0.717) is 28.1 Å². The average molecular weight is 364 g/mol. The Kier molecular flexibility index (Phi) is 3.82. The van der Waals surface area contributed by atoms with Crippen molar-refractivity contribution in [1.82, 2.24) is 20.2 Å². The van der Waals surface area contributed by atoms with E-state index in [1.807, 2.05) is 0 Å². The molecule has 27 heavy (non-hydrogen) atoms. The molecule has 0 aliphatic carbocycles. The molecule has 1 unspecified atom stereocenters. The molecule has 2 N–H and O–H groups in total. The summed E-state index contributed by atoms with van der Waals surface area (Å²) in [4.78, 5) is 34.4. The highest BCUT2D eigenvalue weighted by molar-refractivity contribution is 6.05. The maximum Gasteiger partial charge on any atom is 0.260 e. The number of aromatic amines is 1. The normalized spacial score (nSPS) is 24.2. The van der Waals surface area contributed by atoms with E-state index in [1.54, 1.807) is 36.5 Å². The van der Waals surface area contributed by atoms with E-state index in [0.717, 1.165) is 32.5 Å². The van der Waals surface area contributed by atoms with Crippen LogP contribution in [0, 0.1) is 5.92 Å². The number of H-pyrrole nitrogens is 1. The molecule has 7 heteroatoms. The number of carbonyl (C=O) groups is 1. The Morgan fingerprint density at radius 3 is 2.81 bits per heavy atom. The van der Waals surface area contributed by atoms with Gasteiger partial charge in [0.25, 0.3) is 11.5 Å². The van der Waals surface area contributed by atoms with Crippen molar-refractivity contribution in [3.8, 4) is 11.5 Å². The fourth-order valence-electron chi connectivity index (χ4n) is 4.21. The summed E-state index contributed by atoms with van der Waals surface area (Å²) in [6.07, 6.45) is 3.83. The lowest BCUT2D eigenvalue weighted by molar-refractivity contribution is 0.0621. The van der Waals surface area contributed by atoms with Gasteiger partial charge in [0.05, 0.1) is 5.56 Å². The van der Waals surface area contributed by atoms with Crippen molar-refractivity contribution in [3.05, 3.63) is 52.4 Å². The minimum Gasteiger partial charge on any atom is -0.436 e. The number of para-hydroxylation sites is 1. The number of carbonyl (C=O) groups excluding carboxylic acids is 1. The number of pyridine rings is 1. The molecule has 0 saturated carbocycles. The van der Waals surface area contributed by atoms with Crippen LogP contribution in [-0.4, -0.2) is 46.5 Å². The van der Waals surface area contributed by atoms with E-state index >= 15 is 0 Å². The second-order valence-corrected chi connectivity index (χ2v) is 7.30. The van der Waals surface area contributed by atoms with E-state index in [2.05, 4.69) is 20.2 Å². The summed E-state index contributed by atoms with van der Waals surface area (Å²) in [6, 6.07) is 8.83. The van der Waals surface area contributed by atoms with Crippen LogP contribution in [0.2, 0.25) is 0 Å². The van der Waals surface area contributed by atoms with E-state index in [4.69, 9.17) is 4.42 Å². The van der Waals surface area contributed by atoms with Crippen molar-refractivity contribution in [2.45, 2.75) is 18.9 Å². The van der Waals surface area contributed by atoms with E-state index < -0.39 is 0 Å². The van der Waals surface area contributed by atoms with Crippen molar-refractivity contribution in [1.29, 1.82) is 0 Å². The van der Waals surface area contributed by atoms with Gasteiger partial charge in [-0.25, -0.2) is 4.98 Å². The monoisotopic (exact) mass is 364 g/mol. The molecule has 0 radical (unpaired) electrons. The Labute approximate surface area is 155 Å². The van der Waals surface area contributed by atoms with Gasteiger partial charge in [0.1, 0.15) is 11.1 Å². The number of nitrogens with zero attached hydrogens (tertiary/aromatic N) is 2. The third-order valence-corrected chi connectivity index (χ3v) is 5.68. The zero-order valence-corrected chi connectivity index (χ0v) is 14.8. The molecule has 2 aromatic heterocycles. The fraction of sp³-hybridized carbons (Fsp3) is 0.350. The average Bonchev–Trinajstić information content (AvgIpc) is 3.13. The number of hydrogen-bond acceptors (Lipinski definition) is 5. The molecule has 2 bridgehead atoms. The lowest BCUT2D eigenvalue weighted by atomic mass is 9.84. The van der Waals surface area contributed by atoms with Crippen molar-refractivity contribution >= 4 is 17.0 Å². The predicted octanol–water partition coefficient (Wildman–Crippen LogP) is 2.01. The summed E-state index contributed by atoms with van der Waals surface area (Å²) >= 11 is 0. The van der Waals surface area contributed by atoms with Crippen LogP contribution < -0.4 is 10.9 Å². The summed E-state index contributed by atoms with van der Waals surface area (Å²) in [5.74, 6) is 0.630. The largest absolute Gasteiger partial charge is 0.436 e. The highest BCUT2D eigenvalue weighted by Crippen LogP contribution is 2.29. The molecule has 0 spiro atoms. The fourth-order valence-corrected chi connectivity index (χ4v) is 4.21. The quantitative estimate of drug-likeness (QED) is 0.742. The van der Waals surface area contributed by atoms with Crippen LogP contribution in [0.25, 0.3) is 22.6 Å². The predicted molar refractivity (Wildman–Crippen MR) is 100 cm³/mol. The topological polar surface area (TPSA) is 91.2 Å². The molecule has 3 saturated heterocycles. The van der Waals surface area contributed by atoms with Gasteiger partial charge in [0, 0.05) is 18.8 Å². The molecule has 3 fully saturated rings.